The molecule has 0 bridgehead atoms. The van der Waals surface area contributed by atoms with E-state index in [0.29, 0.717) is 26.4 Å². The van der Waals surface area contributed by atoms with Gasteiger partial charge in [-0.05, 0) is 21.5 Å². The number of hydrogen-bond acceptors (Lipinski definition) is 3. The van der Waals surface area contributed by atoms with Gasteiger partial charge in [0, 0.05) is 6.07 Å². The number of fused-ring (bicyclic) bond motifs is 3. The van der Waals surface area contributed by atoms with Crippen molar-refractivity contribution < 1.29 is 18.8 Å². The molecule has 6 heteroatoms. The molecule has 5 nitrogen and oxygen atoms in total. The van der Waals surface area contributed by atoms with E-state index in [1.165, 1.54) is 0 Å². The van der Waals surface area contributed by atoms with Crippen molar-refractivity contribution in [1.29, 1.82) is 0 Å². The quantitative estimate of drug-likeness (QED) is 0.696. The Morgan fingerprint density at radius 2 is 1.88 bits per heavy atom. The van der Waals surface area contributed by atoms with E-state index in [9.17, 15) is 0 Å². The molecule has 3 aromatic rings. The van der Waals surface area contributed by atoms with Crippen LogP contribution in [0, 0.1) is 0 Å². The number of imidazole rings is 1. The summed E-state index contributed by atoms with van der Waals surface area (Å²) in [4.78, 5) is 3.41. The van der Waals surface area contributed by atoms with Gasteiger partial charge in [-0.1, -0.05) is 30.3 Å². The molecule has 0 saturated heterocycles. The third-order valence-electron chi connectivity index (χ3n) is 4.11. The molecule has 0 spiro atoms. The van der Waals surface area contributed by atoms with E-state index < -0.39 is 0 Å². The van der Waals surface area contributed by atoms with Crippen LogP contribution in [0.2, 0.25) is 0 Å². The van der Waals surface area contributed by atoms with Gasteiger partial charge in [0.1, 0.15) is 19.8 Å². The van der Waals surface area contributed by atoms with Gasteiger partial charge in [-0.2, -0.15) is 0 Å². The number of H-pyrrole nitrogens is 1. The van der Waals surface area contributed by atoms with Gasteiger partial charge in [-0.15, -0.1) is 0 Å². The molecular weight excluding hydrogens is 372 g/mol. The van der Waals surface area contributed by atoms with E-state index in [1.807, 2.05) is 31.3 Å². The standard InChI is InChI=1S/C18H17BrN2O3/c1-21-15(11-22-10-12-5-3-2-4-6-12)20-14-9-13(19)17-18(16(14)21)24-8-7-23-17/h2-6,9H,7-8,10-11H2,1H3/p+1. The van der Waals surface area contributed by atoms with Crippen LogP contribution in [0.3, 0.4) is 0 Å². The van der Waals surface area contributed by atoms with Crippen LogP contribution >= 0.6 is 15.9 Å². The molecule has 2 aromatic carbocycles. The Balaban J connectivity index is 1.61. The molecule has 0 radical (unpaired) electrons. The van der Waals surface area contributed by atoms with Gasteiger partial charge in [0.15, 0.2) is 11.3 Å². The highest BCUT2D eigenvalue weighted by molar-refractivity contribution is 9.10. The summed E-state index contributed by atoms with van der Waals surface area (Å²) in [5.41, 5.74) is 3.14. The summed E-state index contributed by atoms with van der Waals surface area (Å²) < 4.78 is 20.4. The molecule has 0 aliphatic carbocycles. The molecule has 0 amide bonds. The topological polar surface area (TPSA) is 47.4 Å². The number of aryl methyl sites for hydroxylation is 1. The molecule has 1 N–H and O–H groups in total. The summed E-state index contributed by atoms with van der Waals surface area (Å²) in [5, 5.41) is 0. The molecule has 1 aromatic heterocycles. The molecule has 0 saturated carbocycles. The SMILES string of the molecule is C[n+]1c(COCc2ccccc2)[nH]c2cc(Br)c3c(c21)OCCO3. The summed E-state index contributed by atoms with van der Waals surface area (Å²) in [7, 11) is 2.01. The fourth-order valence-corrected chi connectivity index (χ4v) is 3.45. The zero-order chi connectivity index (χ0) is 16.5. The molecule has 1 aliphatic rings. The van der Waals surface area contributed by atoms with Crippen molar-refractivity contribution in [3.8, 4) is 11.5 Å². The van der Waals surface area contributed by atoms with Crippen molar-refractivity contribution >= 4 is 27.0 Å². The van der Waals surface area contributed by atoms with Crippen molar-refractivity contribution in [3.63, 3.8) is 0 Å². The van der Waals surface area contributed by atoms with Gasteiger partial charge >= 0.3 is 0 Å². The molecule has 4 rings (SSSR count). The highest BCUT2D eigenvalue weighted by atomic mass is 79.9. The van der Waals surface area contributed by atoms with Crippen molar-refractivity contribution in [2.45, 2.75) is 13.2 Å². The summed E-state index contributed by atoms with van der Waals surface area (Å²) in [6, 6.07) is 12.2. The lowest BCUT2D eigenvalue weighted by Gasteiger charge is -2.18. The molecule has 124 valence electrons. The third-order valence-corrected chi connectivity index (χ3v) is 4.70. The second-order valence-corrected chi connectivity index (χ2v) is 6.57. The van der Waals surface area contributed by atoms with Crippen molar-refractivity contribution in [2.24, 2.45) is 7.05 Å². The Labute approximate surface area is 148 Å². The lowest BCUT2D eigenvalue weighted by atomic mass is 10.2. The monoisotopic (exact) mass is 389 g/mol. The summed E-state index contributed by atoms with van der Waals surface area (Å²) in [6.45, 7) is 2.20. The normalized spacial score (nSPS) is 13.4. The molecule has 1 aliphatic heterocycles. The Hall–Kier alpha value is -2.05. The zero-order valence-electron chi connectivity index (χ0n) is 13.3. The minimum Gasteiger partial charge on any atom is -0.485 e. The number of nitrogens with zero attached hydrogens (tertiary/aromatic N) is 1. The van der Waals surface area contributed by atoms with Crippen LogP contribution in [0.25, 0.3) is 11.0 Å². The fourth-order valence-electron chi connectivity index (χ4n) is 2.93. The van der Waals surface area contributed by atoms with E-state index in [4.69, 9.17) is 14.2 Å². The van der Waals surface area contributed by atoms with Gasteiger partial charge in [-0.3, -0.25) is 0 Å². The van der Waals surface area contributed by atoms with Crippen molar-refractivity contribution in [3.05, 3.63) is 52.3 Å². The predicted molar refractivity (Wildman–Crippen MR) is 93.1 cm³/mol. The van der Waals surface area contributed by atoms with Crippen molar-refractivity contribution in [1.82, 2.24) is 4.98 Å². The smallest absolute Gasteiger partial charge is 0.281 e. The van der Waals surface area contributed by atoms with E-state index >= 15 is 0 Å². The van der Waals surface area contributed by atoms with E-state index in [0.717, 1.165) is 38.4 Å². The number of benzene rings is 2. The van der Waals surface area contributed by atoms with Gasteiger partial charge in [0.25, 0.3) is 5.82 Å². The summed E-state index contributed by atoms with van der Waals surface area (Å²) in [6.07, 6.45) is 0. The number of aromatic nitrogens is 2. The molecule has 0 unspecified atom stereocenters. The van der Waals surface area contributed by atoms with Gasteiger partial charge in [0.2, 0.25) is 11.3 Å². The number of aromatic amines is 1. The second kappa shape index (κ2) is 6.45. The Morgan fingerprint density at radius 3 is 2.67 bits per heavy atom. The number of nitrogens with one attached hydrogen (secondary N) is 1. The van der Waals surface area contributed by atoms with Crippen LogP contribution in [-0.2, 0) is 25.0 Å². The zero-order valence-corrected chi connectivity index (χ0v) is 14.9. The van der Waals surface area contributed by atoms with Gasteiger partial charge in [0.05, 0.1) is 18.1 Å². The molecule has 24 heavy (non-hydrogen) atoms. The number of halogens is 1. The van der Waals surface area contributed by atoms with Gasteiger partial charge in [-0.25, -0.2) is 9.55 Å². The van der Waals surface area contributed by atoms with Crippen LogP contribution in [0.5, 0.6) is 11.5 Å². The van der Waals surface area contributed by atoms with E-state index in [-0.39, 0.29) is 0 Å². The third kappa shape index (κ3) is 2.76. The van der Waals surface area contributed by atoms with Crippen LogP contribution < -0.4 is 14.0 Å². The maximum Gasteiger partial charge on any atom is 0.281 e. The first-order chi connectivity index (χ1) is 11.7. The minimum atomic E-state index is 0.493. The Morgan fingerprint density at radius 1 is 1.12 bits per heavy atom. The number of ether oxygens (including phenoxy) is 3. The van der Waals surface area contributed by atoms with Gasteiger partial charge < -0.3 is 14.2 Å². The average molecular weight is 390 g/mol. The van der Waals surface area contributed by atoms with Crippen molar-refractivity contribution in [2.75, 3.05) is 13.2 Å². The minimum absolute atomic E-state index is 0.493. The van der Waals surface area contributed by atoms with Crippen LogP contribution in [0.1, 0.15) is 11.4 Å². The molecule has 2 heterocycles. The van der Waals surface area contributed by atoms with E-state index in [1.54, 1.807) is 0 Å². The second-order valence-electron chi connectivity index (χ2n) is 5.72. The Bertz CT molecular complexity index is 877. The average Bonchev–Trinajstić information content (AvgIpc) is 2.92. The van der Waals surface area contributed by atoms with Crippen LogP contribution in [-0.4, -0.2) is 18.2 Å². The highest BCUT2D eigenvalue weighted by Gasteiger charge is 2.27. The fraction of sp³-hybridized carbons (Fsp3) is 0.278. The Kier molecular flexibility index (Phi) is 4.16. The summed E-state index contributed by atoms with van der Waals surface area (Å²) >= 11 is 3.55. The lowest BCUT2D eigenvalue weighted by Crippen LogP contribution is -2.33. The predicted octanol–water partition coefficient (Wildman–Crippen LogP) is 3.24. The van der Waals surface area contributed by atoms with Crippen LogP contribution in [0.4, 0.5) is 0 Å². The lowest BCUT2D eigenvalue weighted by molar-refractivity contribution is -0.655. The largest absolute Gasteiger partial charge is 0.485 e. The first kappa shape index (κ1) is 15.5. The maximum atomic E-state index is 5.85. The highest BCUT2D eigenvalue weighted by Crippen LogP contribution is 2.42. The molecule has 0 atom stereocenters. The van der Waals surface area contributed by atoms with Crippen LogP contribution in [0.15, 0.2) is 40.9 Å². The first-order valence-electron chi connectivity index (χ1n) is 7.84. The molecular formula is C18H18BrN2O3+. The number of rotatable bonds is 4. The summed E-state index contributed by atoms with van der Waals surface area (Å²) in [5.74, 6) is 2.52. The maximum absolute atomic E-state index is 5.85. The van der Waals surface area contributed by atoms with E-state index in [2.05, 4.69) is 37.6 Å². The first-order valence-corrected chi connectivity index (χ1v) is 8.63. The molecule has 0 fully saturated rings. The number of hydrogen-bond donors (Lipinski definition) is 1.